The lowest BCUT2D eigenvalue weighted by Crippen LogP contribution is -2.19. The number of rotatable bonds is 5. The third kappa shape index (κ3) is 4.29. The Labute approximate surface area is 190 Å². The average molecular weight is 414 g/mol. The molecule has 1 nitrogen and oxygen atoms in total. The Hall–Kier alpha value is -3.84. The van der Waals surface area contributed by atoms with Crippen LogP contribution in [0.1, 0.15) is 24.0 Å². The average Bonchev–Trinajstić information content (AvgIpc) is 2.87. The number of benzene rings is 4. The van der Waals surface area contributed by atoms with E-state index in [1.807, 2.05) is 0 Å². The maximum absolute atomic E-state index is 3.73. The van der Waals surface area contributed by atoms with Gasteiger partial charge in [-0.05, 0) is 46.0 Å². The smallest absolute Gasteiger partial charge is 0.0382 e. The van der Waals surface area contributed by atoms with Gasteiger partial charge >= 0.3 is 0 Å². The third-order valence-corrected chi connectivity index (χ3v) is 6.27. The fraction of sp³-hybridized carbons (Fsp3) is 0.0968. The van der Waals surface area contributed by atoms with Crippen molar-refractivity contribution in [3.8, 4) is 11.1 Å². The van der Waals surface area contributed by atoms with Gasteiger partial charge in [0.25, 0.3) is 0 Å². The van der Waals surface area contributed by atoms with Crippen molar-refractivity contribution in [2.45, 2.75) is 12.8 Å². The van der Waals surface area contributed by atoms with Gasteiger partial charge in [0.05, 0.1) is 0 Å². The zero-order valence-corrected chi connectivity index (χ0v) is 18.3. The molecule has 32 heavy (non-hydrogen) atoms. The van der Waals surface area contributed by atoms with Gasteiger partial charge in [0.1, 0.15) is 0 Å². The lowest BCUT2D eigenvalue weighted by atomic mass is 9.78. The standard InChI is InChI=1S/C31H27N/c1-23-30(27-15-9-4-10-16-27)21-28(25-13-7-3-8-14-25)22-31(23)32-29-19-17-26(18-20-29)24-11-5-2-6-12-24/h2-23,30,32H,1H3. The molecule has 0 radical (unpaired) electrons. The van der Waals surface area contributed by atoms with Crippen LogP contribution in [-0.4, -0.2) is 0 Å². The Bertz CT molecular complexity index is 1220. The van der Waals surface area contributed by atoms with Gasteiger partial charge in [0.15, 0.2) is 0 Å². The zero-order valence-electron chi connectivity index (χ0n) is 18.3. The van der Waals surface area contributed by atoms with E-state index in [0.717, 1.165) is 5.69 Å². The predicted octanol–water partition coefficient (Wildman–Crippen LogP) is 8.17. The van der Waals surface area contributed by atoms with E-state index in [1.165, 1.54) is 33.5 Å². The van der Waals surface area contributed by atoms with Crippen molar-refractivity contribution in [3.63, 3.8) is 0 Å². The van der Waals surface area contributed by atoms with Crippen molar-refractivity contribution < 1.29 is 0 Å². The summed E-state index contributed by atoms with van der Waals surface area (Å²) in [6, 6.07) is 40.7. The van der Waals surface area contributed by atoms with Gasteiger partial charge in [-0.3, -0.25) is 0 Å². The maximum atomic E-state index is 3.73. The molecule has 1 aliphatic rings. The number of anilines is 1. The van der Waals surface area contributed by atoms with Crippen molar-refractivity contribution in [2.75, 3.05) is 5.32 Å². The van der Waals surface area contributed by atoms with Crippen LogP contribution in [0.4, 0.5) is 5.69 Å². The summed E-state index contributed by atoms with van der Waals surface area (Å²) in [5, 5.41) is 3.73. The molecule has 2 unspecified atom stereocenters. The van der Waals surface area contributed by atoms with Crippen LogP contribution in [0.3, 0.4) is 0 Å². The number of allylic oxidation sites excluding steroid dienone is 4. The molecule has 0 saturated carbocycles. The maximum Gasteiger partial charge on any atom is 0.0382 e. The predicted molar refractivity (Wildman–Crippen MR) is 136 cm³/mol. The quantitative estimate of drug-likeness (QED) is 0.348. The molecule has 0 saturated heterocycles. The summed E-state index contributed by atoms with van der Waals surface area (Å²) in [5.74, 6) is 0.668. The summed E-state index contributed by atoms with van der Waals surface area (Å²) >= 11 is 0. The van der Waals surface area contributed by atoms with Crippen LogP contribution >= 0.6 is 0 Å². The van der Waals surface area contributed by atoms with Gasteiger partial charge < -0.3 is 5.32 Å². The van der Waals surface area contributed by atoms with E-state index in [4.69, 9.17) is 0 Å². The van der Waals surface area contributed by atoms with E-state index in [1.54, 1.807) is 0 Å². The first kappa shape index (κ1) is 20.1. The van der Waals surface area contributed by atoms with E-state index in [-0.39, 0.29) is 0 Å². The van der Waals surface area contributed by atoms with Crippen molar-refractivity contribution >= 4 is 11.3 Å². The van der Waals surface area contributed by atoms with Crippen molar-refractivity contribution in [3.05, 3.63) is 144 Å². The lowest BCUT2D eigenvalue weighted by molar-refractivity contribution is 0.604. The van der Waals surface area contributed by atoms with Crippen molar-refractivity contribution in [1.82, 2.24) is 0 Å². The normalized spacial score (nSPS) is 17.9. The highest BCUT2D eigenvalue weighted by Gasteiger charge is 2.25. The molecule has 0 aliphatic heterocycles. The topological polar surface area (TPSA) is 12.0 Å². The molecule has 0 heterocycles. The fourth-order valence-electron chi connectivity index (χ4n) is 4.44. The molecule has 156 valence electrons. The molecule has 1 aliphatic carbocycles. The Kier molecular flexibility index (Phi) is 5.72. The second-order valence-electron chi connectivity index (χ2n) is 8.38. The summed E-state index contributed by atoms with van der Waals surface area (Å²) in [6.45, 7) is 2.31. The van der Waals surface area contributed by atoms with E-state index in [0.29, 0.717) is 11.8 Å². The molecular formula is C31H27N. The summed E-state index contributed by atoms with van der Waals surface area (Å²) in [6.07, 6.45) is 4.73. The van der Waals surface area contributed by atoms with Gasteiger partial charge in [-0.15, -0.1) is 0 Å². The molecule has 0 bridgehead atoms. The van der Waals surface area contributed by atoms with Crippen LogP contribution in [0.25, 0.3) is 16.7 Å². The largest absolute Gasteiger partial charge is 0.359 e. The minimum absolute atomic E-state index is 0.322. The van der Waals surface area contributed by atoms with Crippen LogP contribution in [0.2, 0.25) is 0 Å². The molecule has 1 N–H and O–H groups in total. The molecule has 1 heteroatoms. The highest BCUT2D eigenvalue weighted by Crippen LogP contribution is 2.39. The minimum Gasteiger partial charge on any atom is -0.359 e. The first-order valence-corrected chi connectivity index (χ1v) is 11.2. The first-order chi connectivity index (χ1) is 15.8. The molecular weight excluding hydrogens is 386 g/mol. The number of hydrogen-bond acceptors (Lipinski definition) is 1. The second-order valence-corrected chi connectivity index (χ2v) is 8.38. The van der Waals surface area contributed by atoms with Crippen LogP contribution < -0.4 is 5.32 Å². The molecule has 0 fully saturated rings. The van der Waals surface area contributed by atoms with E-state index in [9.17, 15) is 0 Å². The van der Waals surface area contributed by atoms with Crippen molar-refractivity contribution in [2.24, 2.45) is 5.92 Å². The van der Waals surface area contributed by atoms with Gasteiger partial charge in [-0.2, -0.15) is 0 Å². The monoisotopic (exact) mass is 413 g/mol. The molecule has 4 aromatic rings. The van der Waals surface area contributed by atoms with Crippen molar-refractivity contribution in [1.29, 1.82) is 0 Å². The Morgan fingerprint density at radius 3 is 1.72 bits per heavy atom. The van der Waals surface area contributed by atoms with Gasteiger partial charge in [0.2, 0.25) is 0 Å². The molecule has 5 rings (SSSR count). The fourth-order valence-corrected chi connectivity index (χ4v) is 4.44. The Morgan fingerprint density at radius 2 is 1.09 bits per heavy atom. The third-order valence-electron chi connectivity index (χ3n) is 6.27. The highest BCUT2D eigenvalue weighted by molar-refractivity contribution is 5.78. The van der Waals surface area contributed by atoms with Crippen LogP contribution in [-0.2, 0) is 0 Å². The van der Waals surface area contributed by atoms with Crippen LogP contribution in [0.15, 0.2) is 133 Å². The number of hydrogen-bond donors (Lipinski definition) is 1. The molecule has 4 aromatic carbocycles. The Balaban J connectivity index is 1.46. The second kappa shape index (κ2) is 9.11. The van der Waals surface area contributed by atoms with E-state index < -0.39 is 0 Å². The summed E-state index contributed by atoms with van der Waals surface area (Å²) < 4.78 is 0. The van der Waals surface area contributed by atoms with Gasteiger partial charge in [-0.1, -0.05) is 116 Å². The summed E-state index contributed by atoms with van der Waals surface area (Å²) in [5.41, 5.74) is 8.69. The molecule has 2 atom stereocenters. The number of nitrogens with one attached hydrogen (secondary N) is 1. The minimum atomic E-state index is 0.322. The van der Waals surface area contributed by atoms with Gasteiger partial charge in [0, 0.05) is 23.2 Å². The van der Waals surface area contributed by atoms with Crippen LogP contribution in [0.5, 0.6) is 0 Å². The SMILES string of the molecule is CC1C(Nc2ccc(-c3ccccc3)cc2)=CC(c2ccccc2)=CC1c1ccccc1. The Morgan fingerprint density at radius 1 is 0.562 bits per heavy atom. The lowest BCUT2D eigenvalue weighted by Gasteiger charge is -2.30. The van der Waals surface area contributed by atoms with E-state index in [2.05, 4.69) is 140 Å². The first-order valence-electron chi connectivity index (χ1n) is 11.2. The van der Waals surface area contributed by atoms with Crippen LogP contribution in [0, 0.1) is 5.92 Å². The molecule has 0 spiro atoms. The summed E-state index contributed by atoms with van der Waals surface area (Å²) in [4.78, 5) is 0. The van der Waals surface area contributed by atoms with Gasteiger partial charge in [-0.25, -0.2) is 0 Å². The molecule has 0 aromatic heterocycles. The van der Waals surface area contributed by atoms with E-state index >= 15 is 0 Å². The zero-order chi connectivity index (χ0) is 21.8. The highest BCUT2D eigenvalue weighted by atomic mass is 14.9. The summed E-state index contributed by atoms with van der Waals surface area (Å²) in [7, 11) is 0. The molecule has 0 amide bonds.